The molecule has 0 aliphatic rings. The lowest BCUT2D eigenvalue weighted by molar-refractivity contribution is -0.145. The van der Waals surface area contributed by atoms with Crippen LogP contribution in [-0.2, 0) is 6.18 Å². The van der Waals surface area contributed by atoms with Crippen molar-refractivity contribution >= 4 is 23.1 Å². The van der Waals surface area contributed by atoms with E-state index in [1.807, 2.05) is 19.1 Å². The van der Waals surface area contributed by atoms with E-state index < -0.39 is 29.4 Å². The Kier molecular flexibility index (Phi) is 4.61. The lowest BCUT2D eigenvalue weighted by atomic mass is 10.2. The van der Waals surface area contributed by atoms with E-state index in [1.165, 1.54) is 11.3 Å². The molecular weight excluding hydrogens is 367 g/mol. The number of aromatic nitrogens is 4. The summed E-state index contributed by atoms with van der Waals surface area (Å²) in [5, 5.41) is 12.8. The lowest BCUT2D eigenvalue weighted by Gasteiger charge is -2.14. The fourth-order valence-corrected chi connectivity index (χ4v) is 3.31. The number of nitrogens with zero attached hydrogens (tertiary/aromatic N) is 3. The van der Waals surface area contributed by atoms with Crippen LogP contribution in [0.1, 0.15) is 40.8 Å². The maximum absolute atomic E-state index is 13.4. The number of amides is 1. The van der Waals surface area contributed by atoms with E-state index in [0.717, 1.165) is 20.6 Å². The number of alkyl halides is 3. The maximum Gasteiger partial charge on any atom is 0.433 e. The number of aromatic amines is 1. The van der Waals surface area contributed by atoms with Gasteiger partial charge in [0.25, 0.3) is 5.91 Å². The standard InChI is InChI=1S/C16H16F3N5OS/c1-8(2)24-14(16(17,18)19)10(7-20-24)15(25)21-13-6-11(22-23-13)12-5-4-9(3)26-12/h4-8H,1-3H3,(H2,21,22,23,25). The van der Waals surface area contributed by atoms with E-state index in [-0.39, 0.29) is 5.82 Å². The van der Waals surface area contributed by atoms with Crippen LogP contribution in [0.4, 0.5) is 19.0 Å². The van der Waals surface area contributed by atoms with Crippen molar-refractivity contribution in [1.82, 2.24) is 20.0 Å². The second kappa shape index (κ2) is 6.60. The summed E-state index contributed by atoms with van der Waals surface area (Å²) in [6.07, 6.45) is -3.77. The summed E-state index contributed by atoms with van der Waals surface area (Å²) in [6.45, 7) is 5.08. The molecule has 3 rings (SSSR count). The van der Waals surface area contributed by atoms with Gasteiger partial charge in [0.1, 0.15) is 0 Å². The van der Waals surface area contributed by atoms with E-state index in [0.29, 0.717) is 5.69 Å². The fraction of sp³-hybridized carbons (Fsp3) is 0.312. The summed E-state index contributed by atoms with van der Waals surface area (Å²) in [5.41, 5.74) is -0.940. The van der Waals surface area contributed by atoms with Crippen LogP contribution in [0, 0.1) is 6.92 Å². The third kappa shape index (κ3) is 3.50. The van der Waals surface area contributed by atoms with Crippen molar-refractivity contribution in [2.24, 2.45) is 0 Å². The summed E-state index contributed by atoms with van der Waals surface area (Å²) in [4.78, 5) is 14.4. The number of carbonyl (C=O) groups excluding carboxylic acids is 1. The van der Waals surface area contributed by atoms with Crippen LogP contribution in [0.15, 0.2) is 24.4 Å². The Balaban J connectivity index is 1.86. The van der Waals surface area contributed by atoms with Crippen molar-refractivity contribution in [1.29, 1.82) is 0 Å². The van der Waals surface area contributed by atoms with Gasteiger partial charge in [-0.15, -0.1) is 11.3 Å². The molecule has 0 spiro atoms. The highest BCUT2D eigenvalue weighted by molar-refractivity contribution is 7.15. The summed E-state index contributed by atoms with van der Waals surface area (Å²) in [5.74, 6) is -0.772. The first kappa shape index (κ1) is 18.2. The minimum Gasteiger partial charge on any atom is -0.305 e. The van der Waals surface area contributed by atoms with Crippen molar-refractivity contribution in [3.63, 3.8) is 0 Å². The number of H-pyrrole nitrogens is 1. The highest BCUT2D eigenvalue weighted by Crippen LogP contribution is 2.34. The molecule has 1 amide bonds. The second-order valence-electron chi connectivity index (χ2n) is 5.97. The average molecular weight is 383 g/mol. The smallest absolute Gasteiger partial charge is 0.305 e. The van der Waals surface area contributed by atoms with Gasteiger partial charge < -0.3 is 5.32 Å². The SMILES string of the molecule is Cc1ccc(-c2cc(NC(=O)c3cnn(C(C)C)c3C(F)(F)F)n[nH]2)s1. The highest BCUT2D eigenvalue weighted by atomic mass is 32.1. The molecule has 0 saturated carbocycles. The molecule has 0 atom stereocenters. The predicted octanol–water partition coefficient (Wildman–Crippen LogP) is 4.50. The normalized spacial score (nSPS) is 12.0. The molecule has 3 heterocycles. The van der Waals surface area contributed by atoms with E-state index in [1.54, 1.807) is 19.9 Å². The zero-order valence-corrected chi connectivity index (χ0v) is 15.0. The van der Waals surface area contributed by atoms with Gasteiger partial charge in [0.2, 0.25) is 0 Å². The molecule has 0 fully saturated rings. The van der Waals surface area contributed by atoms with E-state index >= 15 is 0 Å². The zero-order chi connectivity index (χ0) is 19.1. The number of aryl methyl sites for hydroxylation is 1. The number of hydrogen-bond donors (Lipinski definition) is 2. The largest absolute Gasteiger partial charge is 0.433 e. The number of nitrogens with one attached hydrogen (secondary N) is 2. The zero-order valence-electron chi connectivity index (χ0n) is 14.2. The summed E-state index contributed by atoms with van der Waals surface area (Å²) in [6, 6.07) is 4.87. The molecule has 10 heteroatoms. The van der Waals surface area contributed by atoms with Gasteiger partial charge in [0.15, 0.2) is 11.5 Å². The number of anilines is 1. The molecular formula is C16H16F3N5OS. The molecule has 6 nitrogen and oxygen atoms in total. The molecule has 0 radical (unpaired) electrons. The Hall–Kier alpha value is -2.62. The minimum atomic E-state index is -4.70. The van der Waals surface area contributed by atoms with Crippen LogP contribution in [-0.4, -0.2) is 25.9 Å². The molecule has 0 bridgehead atoms. The van der Waals surface area contributed by atoms with Gasteiger partial charge in [-0.3, -0.25) is 14.6 Å². The Labute approximate surface area is 151 Å². The second-order valence-corrected chi connectivity index (χ2v) is 7.26. The third-order valence-corrected chi connectivity index (χ3v) is 4.66. The Morgan fingerprint density at radius 2 is 2.08 bits per heavy atom. The quantitative estimate of drug-likeness (QED) is 0.697. The molecule has 3 aromatic rings. The number of rotatable bonds is 4. The third-order valence-electron chi connectivity index (χ3n) is 3.62. The molecule has 138 valence electrons. The van der Waals surface area contributed by atoms with Crippen molar-refractivity contribution in [3.05, 3.63) is 40.5 Å². The number of carbonyl (C=O) groups is 1. The molecule has 0 aromatic carbocycles. The minimum absolute atomic E-state index is 0.140. The van der Waals surface area contributed by atoms with E-state index in [9.17, 15) is 18.0 Å². The van der Waals surface area contributed by atoms with Crippen molar-refractivity contribution in [3.8, 4) is 10.6 Å². The fourth-order valence-electron chi connectivity index (χ4n) is 2.48. The molecule has 26 heavy (non-hydrogen) atoms. The molecule has 0 aliphatic carbocycles. The Morgan fingerprint density at radius 3 is 2.65 bits per heavy atom. The topological polar surface area (TPSA) is 75.6 Å². The first-order chi connectivity index (χ1) is 12.2. The van der Waals surface area contributed by atoms with Crippen molar-refractivity contribution in [2.45, 2.75) is 33.0 Å². The van der Waals surface area contributed by atoms with Gasteiger partial charge in [-0.25, -0.2) is 0 Å². The van der Waals surface area contributed by atoms with Crippen molar-refractivity contribution in [2.75, 3.05) is 5.32 Å². The van der Waals surface area contributed by atoms with Gasteiger partial charge in [-0.2, -0.15) is 23.4 Å². The van der Waals surface area contributed by atoms with Crippen LogP contribution in [0.25, 0.3) is 10.6 Å². The van der Waals surface area contributed by atoms with Crippen LogP contribution in [0.3, 0.4) is 0 Å². The van der Waals surface area contributed by atoms with E-state index in [2.05, 4.69) is 20.6 Å². The lowest BCUT2D eigenvalue weighted by Crippen LogP contribution is -2.22. The van der Waals surface area contributed by atoms with Crippen LogP contribution in [0.5, 0.6) is 0 Å². The maximum atomic E-state index is 13.4. The monoisotopic (exact) mass is 383 g/mol. The first-order valence-corrected chi connectivity index (χ1v) is 8.56. The number of hydrogen-bond acceptors (Lipinski definition) is 4. The van der Waals surface area contributed by atoms with Gasteiger partial charge in [0.05, 0.1) is 22.3 Å². The summed E-state index contributed by atoms with van der Waals surface area (Å²) < 4.78 is 40.9. The van der Waals surface area contributed by atoms with Crippen LogP contribution >= 0.6 is 11.3 Å². The molecule has 3 aromatic heterocycles. The van der Waals surface area contributed by atoms with E-state index in [4.69, 9.17) is 0 Å². The van der Waals surface area contributed by atoms with Gasteiger partial charge in [0, 0.05) is 17.0 Å². The molecule has 0 aliphatic heterocycles. The Bertz CT molecular complexity index is 938. The van der Waals surface area contributed by atoms with Gasteiger partial charge in [-0.05, 0) is 32.9 Å². The molecule has 0 unspecified atom stereocenters. The average Bonchev–Trinajstić information content (AvgIpc) is 3.23. The molecule has 2 N–H and O–H groups in total. The highest BCUT2D eigenvalue weighted by Gasteiger charge is 2.40. The summed E-state index contributed by atoms with van der Waals surface area (Å²) in [7, 11) is 0. The Morgan fingerprint density at radius 1 is 1.35 bits per heavy atom. The predicted molar refractivity (Wildman–Crippen MR) is 92.2 cm³/mol. The van der Waals surface area contributed by atoms with Crippen LogP contribution < -0.4 is 5.32 Å². The van der Waals surface area contributed by atoms with Gasteiger partial charge >= 0.3 is 6.18 Å². The summed E-state index contributed by atoms with van der Waals surface area (Å²) >= 11 is 1.54. The van der Waals surface area contributed by atoms with Crippen LogP contribution in [0.2, 0.25) is 0 Å². The number of thiophene rings is 1. The number of halogens is 3. The van der Waals surface area contributed by atoms with Gasteiger partial charge in [-0.1, -0.05) is 0 Å². The van der Waals surface area contributed by atoms with Crippen molar-refractivity contribution < 1.29 is 18.0 Å². The molecule has 0 saturated heterocycles. The first-order valence-electron chi connectivity index (χ1n) is 7.75.